The molecule has 8 heteroatoms. The number of nitrogens with one attached hydrogen (secondary N) is 1. The van der Waals surface area contributed by atoms with E-state index in [0.717, 1.165) is 10.7 Å². The van der Waals surface area contributed by atoms with Crippen molar-refractivity contribution < 1.29 is 4.79 Å². The fourth-order valence-corrected chi connectivity index (χ4v) is 2.01. The number of nitrogens with zero attached hydrogens (tertiary/aromatic N) is 4. The Labute approximate surface area is 108 Å². The second-order valence-electron chi connectivity index (χ2n) is 3.75. The first kappa shape index (κ1) is 12.7. The molecule has 3 N–H and O–H groups in total. The van der Waals surface area contributed by atoms with Crippen molar-refractivity contribution in [3.63, 3.8) is 0 Å². The third kappa shape index (κ3) is 3.34. The van der Waals surface area contributed by atoms with E-state index in [4.69, 9.17) is 5.73 Å². The number of rotatable bonds is 5. The Kier molecular flexibility index (Phi) is 4.00. The summed E-state index contributed by atoms with van der Waals surface area (Å²) in [6, 6.07) is 0. The summed E-state index contributed by atoms with van der Waals surface area (Å²) in [4.78, 5) is 15.3. The van der Waals surface area contributed by atoms with Crippen LogP contribution in [0.5, 0.6) is 0 Å². The van der Waals surface area contributed by atoms with Crippen molar-refractivity contribution in [2.45, 2.75) is 20.0 Å². The number of hydrogen-bond acceptors (Lipinski definition) is 6. The van der Waals surface area contributed by atoms with Crippen LogP contribution in [0.2, 0.25) is 0 Å². The standard InChI is InChI=1S/C10H14N6OS/c1-7-13-9(6-18-7)5-16-4-8(14-15-16)3-12-10(17)2-11/h4,6H,2-3,5,11H2,1H3,(H,12,17). The minimum absolute atomic E-state index is 0.0216. The largest absolute Gasteiger partial charge is 0.349 e. The molecule has 1 amide bonds. The molecule has 96 valence electrons. The van der Waals surface area contributed by atoms with E-state index in [2.05, 4.69) is 20.6 Å². The molecule has 0 spiro atoms. The van der Waals surface area contributed by atoms with Crippen molar-refractivity contribution in [3.05, 3.63) is 28.0 Å². The summed E-state index contributed by atoms with van der Waals surface area (Å²) in [6.07, 6.45) is 1.78. The molecular weight excluding hydrogens is 252 g/mol. The van der Waals surface area contributed by atoms with Gasteiger partial charge in [0.25, 0.3) is 0 Å². The average Bonchev–Trinajstić information content (AvgIpc) is 2.96. The van der Waals surface area contributed by atoms with Gasteiger partial charge in [0.1, 0.15) is 5.69 Å². The van der Waals surface area contributed by atoms with Crippen LogP contribution in [0.15, 0.2) is 11.6 Å². The molecule has 0 aliphatic heterocycles. The zero-order valence-corrected chi connectivity index (χ0v) is 10.8. The normalized spacial score (nSPS) is 10.6. The van der Waals surface area contributed by atoms with Gasteiger partial charge in [0.15, 0.2) is 0 Å². The van der Waals surface area contributed by atoms with E-state index in [0.29, 0.717) is 18.8 Å². The number of amides is 1. The fourth-order valence-electron chi connectivity index (χ4n) is 1.40. The van der Waals surface area contributed by atoms with Gasteiger partial charge in [0.2, 0.25) is 5.91 Å². The fraction of sp³-hybridized carbons (Fsp3) is 0.400. The molecular formula is C10H14N6OS. The van der Waals surface area contributed by atoms with Gasteiger partial charge in [-0.1, -0.05) is 5.21 Å². The van der Waals surface area contributed by atoms with E-state index in [9.17, 15) is 4.79 Å². The van der Waals surface area contributed by atoms with Gasteiger partial charge in [-0.25, -0.2) is 9.67 Å². The number of thiazole rings is 1. The first-order valence-electron chi connectivity index (χ1n) is 5.44. The molecule has 0 unspecified atom stereocenters. The first-order valence-corrected chi connectivity index (χ1v) is 6.32. The second kappa shape index (κ2) is 5.69. The smallest absolute Gasteiger partial charge is 0.234 e. The summed E-state index contributed by atoms with van der Waals surface area (Å²) in [5.74, 6) is -0.209. The highest BCUT2D eigenvalue weighted by atomic mass is 32.1. The van der Waals surface area contributed by atoms with E-state index in [1.165, 1.54) is 0 Å². The minimum Gasteiger partial charge on any atom is -0.349 e. The molecule has 2 rings (SSSR count). The Hall–Kier alpha value is -1.80. The molecule has 0 fully saturated rings. The summed E-state index contributed by atoms with van der Waals surface area (Å²) >= 11 is 1.60. The maximum atomic E-state index is 11.0. The van der Waals surface area contributed by atoms with Crippen LogP contribution in [-0.2, 0) is 17.9 Å². The van der Waals surface area contributed by atoms with E-state index < -0.39 is 0 Å². The quantitative estimate of drug-likeness (QED) is 0.772. The highest BCUT2D eigenvalue weighted by Crippen LogP contribution is 2.09. The Morgan fingerprint density at radius 3 is 3.06 bits per heavy atom. The Morgan fingerprint density at radius 1 is 1.56 bits per heavy atom. The summed E-state index contributed by atoms with van der Waals surface area (Å²) in [6.45, 7) is 2.86. The molecule has 0 atom stereocenters. The highest BCUT2D eigenvalue weighted by Gasteiger charge is 2.05. The molecule has 2 aromatic heterocycles. The number of aryl methyl sites for hydroxylation is 1. The number of carbonyl (C=O) groups excluding carboxylic acids is 1. The number of aromatic nitrogens is 4. The van der Waals surface area contributed by atoms with Gasteiger partial charge in [-0.05, 0) is 6.92 Å². The Bertz CT molecular complexity index is 534. The van der Waals surface area contributed by atoms with Crippen LogP contribution in [0.4, 0.5) is 0 Å². The number of nitrogens with two attached hydrogens (primary N) is 1. The van der Waals surface area contributed by atoms with Crippen LogP contribution in [0.25, 0.3) is 0 Å². The van der Waals surface area contributed by atoms with Gasteiger partial charge >= 0.3 is 0 Å². The van der Waals surface area contributed by atoms with E-state index in [1.54, 1.807) is 22.2 Å². The van der Waals surface area contributed by atoms with Crippen molar-refractivity contribution >= 4 is 17.2 Å². The lowest BCUT2D eigenvalue weighted by molar-refractivity contribution is -0.119. The lowest BCUT2D eigenvalue weighted by Gasteiger charge is -1.98. The van der Waals surface area contributed by atoms with Crippen molar-refractivity contribution in [2.75, 3.05) is 6.54 Å². The predicted molar refractivity (Wildman–Crippen MR) is 66.9 cm³/mol. The van der Waals surface area contributed by atoms with Crippen molar-refractivity contribution in [3.8, 4) is 0 Å². The third-order valence-corrected chi connectivity index (χ3v) is 3.05. The van der Waals surface area contributed by atoms with Gasteiger partial charge < -0.3 is 11.1 Å². The molecule has 0 saturated carbocycles. The van der Waals surface area contributed by atoms with Gasteiger partial charge in [-0.3, -0.25) is 4.79 Å². The third-order valence-electron chi connectivity index (χ3n) is 2.23. The highest BCUT2D eigenvalue weighted by molar-refractivity contribution is 7.09. The van der Waals surface area contributed by atoms with Crippen LogP contribution >= 0.6 is 11.3 Å². The molecule has 2 aromatic rings. The molecule has 18 heavy (non-hydrogen) atoms. The topological polar surface area (TPSA) is 98.7 Å². The molecule has 0 aliphatic rings. The van der Waals surface area contributed by atoms with Crippen LogP contribution in [0.3, 0.4) is 0 Å². The van der Waals surface area contributed by atoms with E-state index in [-0.39, 0.29) is 12.5 Å². The Morgan fingerprint density at radius 2 is 2.39 bits per heavy atom. The van der Waals surface area contributed by atoms with E-state index >= 15 is 0 Å². The van der Waals surface area contributed by atoms with Gasteiger partial charge in [0, 0.05) is 5.38 Å². The van der Waals surface area contributed by atoms with Crippen molar-refractivity contribution in [1.29, 1.82) is 0 Å². The predicted octanol–water partition coefficient (Wildman–Crippen LogP) is -0.334. The van der Waals surface area contributed by atoms with Crippen LogP contribution in [0, 0.1) is 6.92 Å². The SMILES string of the molecule is Cc1nc(Cn2cc(CNC(=O)CN)nn2)cs1. The lowest BCUT2D eigenvalue weighted by Crippen LogP contribution is -2.29. The van der Waals surface area contributed by atoms with Crippen LogP contribution in [0.1, 0.15) is 16.4 Å². The van der Waals surface area contributed by atoms with Crippen molar-refractivity contribution in [1.82, 2.24) is 25.3 Å². The zero-order valence-electron chi connectivity index (χ0n) is 9.96. The maximum absolute atomic E-state index is 11.0. The molecule has 7 nitrogen and oxygen atoms in total. The molecule has 0 aliphatic carbocycles. The molecule has 0 aromatic carbocycles. The van der Waals surface area contributed by atoms with Gasteiger partial charge in [0.05, 0.1) is 36.5 Å². The Balaban J connectivity index is 1.91. The summed E-state index contributed by atoms with van der Waals surface area (Å²) in [5, 5.41) is 13.6. The minimum atomic E-state index is -0.209. The summed E-state index contributed by atoms with van der Waals surface area (Å²) in [5.41, 5.74) is 6.84. The maximum Gasteiger partial charge on any atom is 0.234 e. The first-order chi connectivity index (χ1) is 8.67. The number of carbonyl (C=O) groups is 1. The second-order valence-corrected chi connectivity index (χ2v) is 4.81. The lowest BCUT2D eigenvalue weighted by atomic mass is 10.4. The monoisotopic (exact) mass is 266 g/mol. The number of hydrogen-bond donors (Lipinski definition) is 2. The molecule has 2 heterocycles. The van der Waals surface area contributed by atoms with Gasteiger partial charge in [-0.15, -0.1) is 16.4 Å². The van der Waals surface area contributed by atoms with Crippen LogP contribution in [-0.4, -0.2) is 32.4 Å². The van der Waals surface area contributed by atoms with E-state index in [1.807, 2.05) is 12.3 Å². The molecule has 0 bridgehead atoms. The molecule has 0 radical (unpaired) electrons. The summed E-state index contributed by atoms with van der Waals surface area (Å²) < 4.78 is 1.69. The van der Waals surface area contributed by atoms with Crippen LogP contribution < -0.4 is 11.1 Å². The summed E-state index contributed by atoms with van der Waals surface area (Å²) in [7, 11) is 0. The average molecular weight is 266 g/mol. The van der Waals surface area contributed by atoms with Gasteiger partial charge in [-0.2, -0.15) is 0 Å². The van der Waals surface area contributed by atoms with Crippen molar-refractivity contribution in [2.24, 2.45) is 5.73 Å². The zero-order chi connectivity index (χ0) is 13.0. The molecule has 0 saturated heterocycles.